The summed E-state index contributed by atoms with van der Waals surface area (Å²) in [5.41, 5.74) is -0.655. The molecule has 1 heterocycles. The largest absolute Gasteiger partial charge is 0.298 e. The van der Waals surface area contributed by atoms with E-state index in [1.165, 1.54) is 4.31 Å². The summed E-state index contributed by atoms with van der Waals surface area (Å²) >= 11 is 3.25. The number of carbonyl (C=O) groups excluding carboxylic acids is 1. The van der Waals surface area contributed by atoms with Gasteiger partial charge in [0.25, 0.3) is 0 Å². The summed E-state index contributed by atoms with van der Waals surface area (Å²) in [5, 5.41) is 0. The molecule has 1 saturated heterocycles. The summed E-state index contributed by atoms with van der Waals surface area (Å²) in [5.74, 6) is -0.0430. The van der Waals surface area contributed by atoms with Crippen LogP contribution in [0.25, 0.3) is 0 Å². The van der Waals surface area contributed by atoms with Gasteiger partial charge < -0.3 is 0 Å². The molecule has 0 bridgehead atoms. The molecule has 1 aromatic rings. The van der Waals surface area contributed by atoms with Crippen molar-refractivity contribution in [1.29, 1.82) is 0 Å². The van der Waals surface area contributed by atoms with Gasteiger partial charge in [0, 0.05) is 16.4 Å². The minimum Gasteiger partial charge on any atom is -0.298 e. The first-order chi connectivity index (χ1) is 8.23. The molecule has 0 aromatic heterocycles. The summed E-state index contributed by atoms with van der Waals surface area (Å²) in [4.78, 5) is 11.7. The number of halogens is 1. The van der Waals surface area contributed by atoms with E-state index in [1.807, 2.05) is 0 Å². The van der Waals surface area contributed by atoms with Crippen LogP contribution in [0.4, 0.5) is 0 Å². The highest BCUT2D eigenvalue weighted by Gasteiger charge is 2.44. The van der Waals surface area contributed by atoms with Crippen molar-refractivity contribution in [2.75, 3.05) is 6.54 Å². The second-order valence-corrected chi connectivity index (χ2v) is 7.77. The van der Waals surface area contributed by atoms with Crippen LogP contribution in [-0.2, 0) is 14.8 Å². The Morgan fingerprint density at radius 1 is 1.33 bits per heavy atom. The highest BCUT2D eigenvalue weighted by molar-refractivity contribution is 9.10. The molecule has 4 nitrogen and oxygen atoms in total. The Bertz CT molecular complexity index is 595. The monoisotopic (exact) mass is 331 g/mol. The minimum atomic E-state index is -3.62. The van der Waals surface area contributed by atoms with Crippen LogP contribution < -0.4 is 0 Å². The molecule has 1 fully saturated rings. The molecule has 98 valence electrons. The first-order valence-corrected chi connectivity index (χ1v) is 7.77. The topological polar surface area (TPSA) is 54.5 Å². The molecule has 1 aliphatic rings. The van der Waals surface area contributed by atoms with Gasteiger partial charge in [0.1, 0.15) is 5.78 Å². The molecule has 6 heteroatoms. The molecule has 0 radical (unpaired) electrons. The van der Waals surface area contributed by atoms with E-state index in [0.29, 0.717) is 4.47 Å². The average Bonchev–Trinajstić information content (AvgIpc) is 2.52. The van der Waals surface area contributed by atoms with Crippen molar-refractivity contribution in [3.8, 4) is 0 Å². The minimum absolute atomic E-state index is 0.0398. The lowest BCUT2D eigenvalue weighted by atomic mass is 10.0. The van der Waals surface area contributed by atoms with Crippen LogP contribution in [0.15, 0.2) is 33.6 Å². The maximum absolute atomic E-state index is 12.5. The van der Waals surface area contributed by atoms with Crippen LogP contribution in [0.1, 0.15) is 20.3 Å². The number of benzene rings is 1. The van der Waals surface area contributed by atoms with E-state index in [9.17, 15) is 13.2 Å². The Balaban J connectivity index is 2.47. The molecule has 0 unspecified atom stereocenters. The molecular formula is C12H14BrNO3S. The van der Waals surface area contributed by atoms with E-state index in [2.05, 4.69) is 15.9 Å². The Labute approximate surface area is 115 Å². The van der Waals surface area contributed by atoms with Crippen molar-refractivity contribution in [2.24, 2.45) is 0 Å². The van der Waals surface area contributed by atoms with E-state index in [1.54, 1.807) is 38.1 Å². The van der Waals surface area contributed by atoms with Crippen LogP contribution in [0.2, 0.25) is 0 Å². The van der Waals surface area contributed by atoms with Crippen molar-refractivity contribution in [3.05, 3.63) is 28.7 Å². The summed E-state index contributed by atoms with van der Waals surface area (Å²) in [6.07, 6.45) is 0.264. The van der Waals surface area contributed by atoms with Crippen molar-refractivity contribution in [3.63, 3.8) is 0 Å². The predicted octanol–water partition coefficient (Wildman–Crippen LogP) is 2.19. The Hall–Kier alpha value is -0.720. The van der Waals surface area contributed by atoms with Crippen molar-refractivity contribution in [2.45, 2.75) is 30.7 Å². The summed E-state index contributed by atoms with van der Waals surface area (Å²) in [6, 6.07) is 6.52. The number of Topliss-reactive ketones (excluding diaryl/α,β-unsaturated/α-hetero) is 1. The van der Waals surface area contributed by atoms with Gasteiger partial charge in [-0.2, -0.15) is 4.31 Å². The summed E-state index contributed by atoms with van der Waals surface area (Å²) in [6.45, 7) is 3.50. The molecule has 0 spiro atoms. The Morgan fingerprint density at radius 2 is 2.00 bits per heavy atom. The van der Waals surface area contributed by atoms with Crippen LogP contribution in [0, 0.1) is 0 Å². The van der Waals surface area contributed by atoms with Gasteiger partial charge >= 0.3 is 0 Å². The lowest BCUT2D eigenvalue weighted by molar-refractivity contribution is -0.116. The number of nitrogens with zero attached hydrogens (tertiary/aromatic N) is 1. The first-order valence-electron chi connectivity index (χ1n) is 5.53. The zero-order valence-electron chi connectivity index (χ0n) is 10.2. The van der Waals surface area contributed by atoms with Crippen LogP contribution in [0.5, 0.6) is 0 Å². The standard InChI is InChI=1S/C12H14BrNO3S/c1-12(2)7-10(15)8-14(12)18(16,17)11-5-3-4-9(13)6-11/h3-6H,7-8H2,1-2H3. The van der Waals surface area contributed by atoms with Gasteiger partial charge in [-0.05, 0) is 32.0 Å². The number of hydrogen-bond donors (Lipinski definition) is 0. The van der Waals surface area contributed by atoms with E-state index in [-0.39, 0.29) is 23.6 Å². The normalized spacial score (nSPS) is 20.3. The molecule has 0 aliphatic carbocycles. The number of sulfonamides is 1. The van der Waals surface area contributed by atoms with Gasteiger partial charge in [0.05, 0.1) is 11.4 Å². The third-order valence-electron chi connectivity index (χ3n) is 3.01. The maximum atomic E-state index is 12.5. The second-order valence-electron chi connectivity index (χ2n) is 5.00. The fraction of sp³-hybridized carbons (Fsp3) is 0.417. The quantitative estimate of drug-likeness (QED) is 0.834. The van der Waals surface area contributed by atoms with Crippen LogP contribution in [0.3, 0.4) is 0 Å². The van der Waals surface area contributed by atoms with Crippen LogP contribution >= 0.6 is 15.9 Å². The Morgan fingerprint density at radius 3 is 2.50 bits per heavy atom. The molecule has 18 heavy (non-hydrogen) atoms. The van der Waals surface area contributed by atoms with Gasteiger partial charge in [0.15, 0.2) is 0 Å². The van der Waals surface area contributed by atoms with E-state index in [0.717, 1.165) is 0 Å². The number of carbonyl (C=O) groups is 1. The van der Waals surface area contributed by atoms with Crippen molar-refractivity contribution < 1.29 is 13.2 Å². The highest BCUT2D eigenvalue weighted by Crippen LogP contribution is 2.32. The molecule has 0 saturated carbocycles. The van der Waals surface area contributed by atoms with E-state index in [4.69, 9.17) is 0 Å². The lowest BCUT2D eigenvalue weighted by Gasteiger charge is -2.29. The smallest absolute Gasteiger partial charge is 0.244 e. The summed E-state index contributed by atoms with van der Waals surface area (Å²) in [7, 11) is -3.62. The maximum Gasteiger partial charge on any atom is 0.244 e. The van der Waals surface area contributed by atoms with Gasteiger partial charge in [0.2, 0.25) is 10.0 Å². The van der Waals surface area contributed by atoms with E-state index < -0.39 is 15.6 Å². The SMILES string of the molecule is CC1(C)CC(=O)CN1S(=O)(=O)c1cccc(Br)c1. The molecule has 0 amide bonds. The fourth-order valence-electron chi connectivity index (χ4n) is 2.17. The number of ketones is 1. The third kappa shape index (κ3) is 2.37. The molecule has 1 aliphatic heterocycles. The Kier molecular flexibility index (Phi) is 3.38. The van der Waals surface area contributed by atoms with Crippen molar-refractivity contribution in [1.82, 2.24) is 4.31 Å². The van der Waals surface area contributed by atoms with Gasteiger partial charge in [-0.1, -0.05) is 22.0 Å². The third-order valence-corrected chi connectivity index (χ3v) is 5.56. The van der Waals surface area contributed by atoms with Crippen molar-refractivity contribution >= 4 is 31.7 Å². The summed E-state index contributed by atoms with van der Waals surface area (Å²) < 4.78 is 27.0. The molecule has 1 aromatic carbocycles. The van der Waals surface area contributed by atoms with Crippen LogP contribution in [-0.4, -0.2) is 30.6 Å². The number of hydrogen-bond acceptors (Lipinski definition) is 3. The zero-order valence-corrected chi connectivity index (χ0v) is 12.6. The van der Waals surface area contributed by atoms with Gasteiger partial charge in [-0.15, -0.1) is 0 Å². The average molecular weight is 332 g/mol. The molecular weight excluding hydrogens is 318 g/mol. The van der Waals surface area contributed by atoms with Gasteiger partial charge in [-0.25, -0.2) is 8.42 Å². The molecule has 2 rings (SSSR count). The first kappa shape index (κ1) is 13.7. The van der Waals surface area contributed by atoms with E-state index >= 15 is 0 Å². The zero-order chi connectivity index (χ0) is 13.6. The molecule has 0 N–H and O–H groups in total. The highest BCUT2D eigenvalue weighted by atomic mass is 79.9. The predicted molar refractivity (Wildman–Crippen MR) is 71.7 cm³/mol. The lowest BCUT2D eigenvalue weighted by Crippen LogP contribution is -2.42. The number of rotatable bonds is 2. The van der Waals surface area contributed by atoms with Gasteiger partial charge in [-0.3, -0.25) is 4.79 Å². The fourth-order valence-corrected chi connectivity index (χ4v) is 4.53. The second kappa shape index (κ2) is 4.43. The molecule has 0 atom stereocenters.